The molecule has 0 atom stereocenters. The molecule has 7 heteroatoms. The summed E-state index contributed by atoms with van der Waals surface area (Å²) in [4.78, 5) is 10.1. The summed E-state index contributed by atoms with van der Waals surface area (Å²) in [5.74, 6) is 0.973. The van der Waals surface area contributed by atoms with Crippen molar-refractivity contribution in [2.75, 3.05) is 23.3 Å². The maximum absolute atomic E-state index is 12.8. The van der Waals surface area contributed by atoms with Crippen molar-refractivity contribution in [3.8, 4) is 0 Å². The number of halogens is 1. The summed E-state index contributed by atoms with van der Waals surface area (Å²) in [6.07, 6.45) is 5.97. The van der Waals surface area contributed by atoms with Crippen molar-refractivity contribution in [2.24, 2.45) is 0 Å². The number of anilines is 2. The number of piperidine rings is 1. The Kier molecular flexibility index (Phi) is 3.67. The molecule has 1 aliphatic rings. The van der Waals surface area contributed by atoms with Crippen LogP contribution in [0.2, 0.25) is 0 Å². The minimum Gasteiger partial charge on any atom is -0.366 e. The Labute approximate surface area is 116 Å². The zero-order valence-electron chi connectivity index (χ0n) is 10.9. The number of nitrogens with one attached hydrogen (secondary N) is 1. The maximum atomic E-state index is 12.8. The molecule has 1 N–H and O–H groups in total. The molecule has 0 bridgehead atoms. The molecule has 0 radical (unpaired) electrons. The van der Waals surface area contributed by atoms with Crippen LogP contribution in [0, 0.1) is 5.82 Å². The van der Waals surface area contributed by atoms with E-state index in [0.29, 0.717) is 12.0 Å². The van der Waals surface area contributed by atoms with Gasteiger partial charge in [0.2, 0.25) is 5.95 Å². The lowest BCUT2D eigenvalue weighted by atomic mass is 10.1. The van der Waals surface area contributed by atoms with E-state index in [-0.39, 0.29) is 0 Å². The first-order valence-corrected chi connectivity index (χ1v) is 6.58. The van der Waals surface area contributed by atoms with Crippen LogP contribution in [0.4, 0.5) is 16.2 Å². The van der Waals surface area contributed by atoms with Crippen molar-refractivity contribution in [3.05, 3.63) is 36.5 Å². The van der Waals surface area contributed by atoms with Crippen LogP contribution in [0.15, 0.2) is 30.7 Å². The predicted molar refractivity (Wildman–Crippen MR) is 72.9 cm³/mol. The quantitative estimate of drug-likeness (QED) is 0.914. The highest BCUT2D eigenvalue weighted by atomic mass is 19.1. The predicted octanol–water partition coefficient (Wildman–Crippen LogP) is 1.49. The highest BCUT2D eigenvalue weighted by Crippen LogP contribution is 2.18. The van der Waals surface area contributed by atoms with Crippen LogP contribution in [-0.4, -0.2) is 39.3 Å². The fourth-order valence-corrected chi connectivity index (χ4v) is 2.28. The largest absolute Gasteiger partial charge is 0.366 e. The van der Waals surface area contributed by atoms with Crippen molar-refractivity contribution in [1.29, 1.82) is 0 Å². The van der Waals surface area contributed by atoms with E-state index in [2.05, 4.69) is 30.4 Å². The Morgan fingerprint density at radius 1 is 1.20 bits per heavy atom. The van der Waals surface area contributed by atoms with E-state index in [4.69, 9.17) is 0 Å². The van der Waals surface area contributed by atoms with E-state index in [1.165, 1.54) is 12.4 Å². The zero-order chi connectivity index (χ0) is 13.8. The molecule has 3 heterocycles. The molecular weight excluding hydrogens is 259 g/mol. The standard InChI is InChI=1S/C13H15FN6/c14-10-8-15-13(16-9-10)20-6-3-11(4-7-20)18-12-2-1-5-17-19-12/h1-2,5,8-9,11H,3-4,6-7H2,(H,18,19). The van der Waals surface area contributed by atoms with Gasteiger partial charge in [-0.3, -0.25) is 0 Å². The van der Waals surface area contributed by atoms with E-state index < -0.39 is 5.82 Å². The van der Waals surface area contributed by atoms with E-state index >= 15 is 0 Å². The fourth-order valence-electron chi connectivity index (χ4n) is 2.28. The number of hydrogen-bond donors (Lipinski definition) is 1. The third kappa shape index (κ3) is 2.98. The zero-order valence-corrected chi connectivity index (χ0v) is 10.9. The fraction of sp³-hybridized carbons (Fsp3) is 0.385. The second-order valence-corrected chi connectivity index (χ2v) is 4.72. The number of aromatic nitrogens is 4. The van der Waals surface area contributed by atoms with Gasteiger partial charge >= 0.3 is 0 Å². The molecule has 2 aromatic heterocycles. The number of rotatable bonds is 3. The monoisotopic (exact) mass is 274 g/mol. The second kappa shape index (κ2) is 5.77. The lowest BCUT2D eigenvalue weighted by Crippen LogP contribution is -2.40. The molecule has 1 fully saturated rings. The maximum Gasteiger partial charge on any atom is 0.225 e. The normalized spacial score (nSPS) is 16.1. The van der Waals surface area contributed by atoms with Gasteiger partial charge in [-0.25, -0.2) is 14.4 Å². The molecule has 2 aromatic rings. The van der Waals surface area contributed by atoms with Gasteiger partial charge in [-0.2, -0.15) is 5.10 Å². The van der Waals surface area contributed by atoms with Gasteiger partial charge in [0.05, 0.1) is 12.4 Å². The summed E-state index contributed by atoms with van der Waals surface area (Å²) in [6, 6.07) is 4.13. The Morgan fingerprint density at radius 2 is 1.95 bits per heavy atom. The van der Waals surface area contributed by atoms with Gasteiger partial charge < -0.3 is 10.2 Å². The first-order chi connectivity index (χ1) is 9.81. The molecule has 6 nitrogen and oxygen atoms in total. The summed E-state index contributed by atoms with van der Waals surface area (Å²) in [5, 5.41) is 11.2. The van der Waals surface area contributed by atoms with Gasteiger partial charge in [-0.15, -0.1) is 5.10 Å². The molecule has 20 heavy (non-hydrogen) atoms. The van der Waals surface area contributed by atoms with E-state index in [1.54, 1.807) is 6.20 Å². The summed E-state index contributed by atoms with van der Waals surface area (Å²) in [5.41, 5.74) is 0. The lowest BCUT2D eigenvalue weighted by Gasteiger charge is -2.32. The van der Waals surface area contributed by atoms with E-state index in [0.717, 1.165) is 31.7 Å². The van der Waals surface area contributed by atoms with Crippen molar-refractivity contribution < 1.29 is 4.39 Å². The first-order valence-electron chi connectivity index (χ1n) is 6.58. The molecule has 0 amide bonds. The van der Waals surface area contributed by atoms with Crippen molar-refractivity contribution >= 4 is 11.8 Å². The number of nitrogens with zero attached hydrogens (tertiary/aromatic N) is 5. The Hall–Kier alpha value is -2.31. The van der Waals surface area contributed by atoms with Crippen molar-refractivity contribution in [3.63, 3.8) is 0 Å². The summed E-state index contributed by atoms with van der Waals surface area (Å²) in [6.45, 7) is 1.67. The lowest BCUT2D eigenvalue weighted by molar-refractivity contribution is 0.516. The van der Waals surface area contributed by atoms with Crippen LogP contribution in [0.5, 0.6) is 0 Å². The van der Waals surface area contributed by atoms with Crippen LogP contribution < -0.4 is 10.2 Å². The molecule has 3 rings (SSSR count). The Bertz CT molecular complexity index is 539. The Balaban J connectivity index is 1.55. The minimum absolute atomic E-state index is 0.364. The summed E-state index contributed by atoms with van der Waals surface area (Å²) in [7, 11) is 0. The average molecular weight is 274 g/mol. The van der Waals surface area contributed by atoms with Crippen LogP contribution in [0.3, 0.4) is 0 Å². The van der Waals surface area contributed by atoms with Gasteiger partial charge in [0.1, 0.15) is 5.82 Å². The third-order valence-electron chi connectivity index (χ3n) is 3.31. The van der Waals surface area contributed by atoms with Gasteiger partial charge in [-0.1, -0.05) is 0 Å². The first kappa shape index (κ1) is 12.7. The summed E-state index contributed by atoms with van der Waals surface area (Å²) < 4.78 is 12.8. The van der Waals surface area contributed by atoms with Crippen LogP contribution in [0.1, 0.15) is 12.8 Å². The molecular formula is C13H15FN6. The van der Waals surface area contributed by atoms with Gasteiger partial charge in [0, 0.05) is 25.3 Å². The van der Waals surface area contributed by atoms with Crippen LogP contribution in [0.25, 0.3) is 0 Å². The molecule has 104 valence electrons. The van der Waals surface area contributed by atoms with E-state index in [9.17, 15) is 4.39 Å². The van der Waals surface area contributed by atoms with E-state index in [1.807, 2.05) is 12.1 Å². The highest BCUT2D eigenvalue weighted by Gasteiger charge is 2.21. The number of hydrogen-bond acceptors (Lipinski definition) is 6. The van der Waals surface area contributed by atoms with Crippen LogP contribution in [-0.2, 0) is 0 Å². The Morgan fingerprint density at radius 3 is 2.60 bits per heavy atom. The smallest absolute Gasteiger partial charge is 0.225 e. The van der Waals surface area contributed by atoms with Crippen molar-refractivity contribution in [1.82, 2.24) is 20.2 Å². The SMILES string of the molecule is Fc1cnc(N2CCC(Nc3cccnn3)CC2)nc1. The molecule has 1 saturated heterocycles. The second-order valence-electron chi connectivity index (χ2n) is 4.72. The molecule has 0 aromatic carbocycles. The molecule has 0 aliphatic carbocycles. The van der Waals surface area contributed by atoms with Gasteiger partial charge in [0.15, 0.2) is 5.82 Å². The topological polar surface area (TPSA) is 66.8 Å². The third-order valence-corrected chi connectivity index (χ3v) is 3.31. The molecule has 0 unspecified atom stereocenters. The highest BCUT2D eigenvalue weighted by molar-refractivity contribution is 5.35. The van der Waals surface area contributed by atoms with Crippen molar-refractivity contribution in [2.45, 2.75) is 18.9 Å². The van der Waals surface area contributed by atoms with Gasteiger partial charge in [0.25, 0.3) is 0 Å². The molecule has 1 aliphatic heterocycles. The summed E-state index contributed by atoms with van der Waals surface area (Å²) >= 11 is 0. The minimum atomic E-state index is -0.409. The average Bonchev–Trinajstić information content (AvgIpc) is 2.50. The molecule has 0 spiro atoms. The van der Waals surface area contributed by atoms with Crippen LogP contribution >= 0.6 is 0 Å². The van der Waals surface area contributed by atoms with Gasteiger partial charge in [-0.05, 0) is 25.0 Å². The molecule has 0 saturated carbocycles.